The van der Waals surface area contributed by atoms with E-state index in [-0.39, 0.29) is 12.5 Å². The monoisotopic (exact) mass is 297 g/mol. The van der Waals surface area contributed by atoms with Gasteiger partial charge in [0, 0.05) is 6.20 Å². The van der Waals surface area contributed by atoms with Crippen LogP contribution in [-0.2, 0) is 4.79 Å². The number of carbonyl (C=O) groups is 1. The van der Waals surface area contributed by atoms with Crippen molar-refractivity contribution in [2.75, 3.05) is 6.61 Å². The highest BCUT2D eigenvalue weighted by molar-refractivity contribution is 5.81. The first-order chi connectivity index (χ1) is 10.6. The molecule has 5 nitrogen and oxygen atoms in total. The standard InChI is InChI=1S/C17H19N3O2/c1-12-8-13(2)14(3)16(9-12)22-11-17(21)20-19-10-15-6-4-5-7-18-15/h4-10H,11H2,1-3H3,(H,20,21)/b19-10+. The van der Waals surface area contributed by atoms with Crippen LogP contribution in [0.3, 0.4) is 0 Å². The summed E-state index contributed by atoms with van der Waals surface area (Å²) >= 11 is 0. The van der Waals surface area contributed by atoms with E-state index in [4.69, 9.17) is 4.74 Å². The number of benzene rings is 1. The van der Waals surface area contributed by atoms with Crippen LogP contribution >= 0.6 is 0 Å². The van der Waals surface area contributed by atoms with Crippen molar-refractivity contribution in [2.45, 2.75) is 20.8 Å². The molecule has 1 amide bonds. The van der Waals surface area contributed by atoms with Gasteiger partial charge in [-0.05, 0) is 55.7 Å². The minimum Gasteiger partial charge on any atom is -0.483 e. The Morgan fingerprint density at radius 1 is 1.32 bits per heavy atom. The Morgan fingerprint density at radius 2 is 2.14 bits per heavy atom. The molecule has 114 valence electrons. The SMILES string of the molecule is Cc1cc(C)c(C)c(OCC(=O)N/N=C/c2ccccn2)c1. The van der Waals surface area contributed by atoms with Gasteiger partial charge in [-0.2, -0.15) is 5.10 Å². The van der Waals surface area contributed by atoms with E-state index in [1.165, 1.54) is 6.21 Å². The molecule has 1 aromatic heterocycles. The summed E-state index contributed by atoms with van der Waals surface area (Å²) in [5.41, 5.74) is 6.37. The quantitative estimate of drug-likeness (QED) is 0.681. The molecule has 0 spiro atoms. The topological polar surface area (TPSA) is 63.6 Å². The molecule has 2 aromatic rings. The molecular weight excluding hydrogens is 278 g/mol. The number of amides is 1. The van der Waals surface area contributed by atoms with Crippen molar-refractivity contribution in [1.82, 2.24) is 10.4 Å². The number of nitrogens with one attached hydrogen (secondary N) is 1. The fourth-order valence-corrected chi connectivity index (χ4v) is 1.95. The number of rotatable bonds is 5. The highest BCUT2D eigenvalue weighted by Crippen LogP contribution is 2.23. The predicted octanol–water partition coefficient (Wildman–Crippen LogP) is 2.54. The van der Waals surface area contributed by atoms with Crippen molar-refractivity contribution in [3.05, 3.63) is 58.9 Å². The zero-order valence-corrected chi connectivity index (χ0v) is 13.0. The zero-order valence-electron chi connectivity index (χ0n) is 13.0. The molecule has 0 saturated carbocycles. The van der Waals surface area contributed by atoms with Gasteiger partial charge >= 0.3 is 0 Å². The second-order valence-corrected chi connectivity index (χ2v) is 5.04. The third-order valence-electron chi connectivity index (χ3n) is 3.20. The Kier molecular flexibility index (Phi) is 5.25. The summed E-state index contributed by atoms with van der Waals surface area (Å²) < 4.78 is 5.56. The fraction of sp³-hybridized carbons (Fsp3) is 0.235. The van der Waals surface area contributed by atoms with Gasteiger partial charge in [0.25, 0.3) is 5.91 Å². The third kappa shape index (κ3) is 4.41. The van der Waals surface area contributed by atoms with Crippen molar-refractivity contribution in [3.8, 4) is 5.75 Å². The fourth-order valence-electron chi connectivity index (χ4n) is 1.95. The molecule has 22 heavy (non-hydrogen) atoms. The summed E-state index contributed by atoms with van der Waals surface area (Å²) in [5, 5.41) is 3.84. The van der Waals surface area contributed by atoms with Crippen LogP contribution in [0.5, 0.6) is 5.75 Å². The lowest BCUT2D eigenvalue weighted by Crippen LogP contribution is -2.24. The van der Waals surface area contributed by atoms with Crippen LogP contribution in [0.25, 0.3) is 0 Å². The van der Waals surface area contributed by atoms with Gasteiger partial charge in [0.05, 0.1) is 11.9 Å². The molecule has 1 N–H and O–H groups in total. The lowest BCUT2D eigenvalue weighted by Gasteiger charge is -2.11. The molecule has 0 aliphatic carbocycles. The lowest BCUT2D eigenvalue weighted by molar-refractivity contribution is -0.123. The van der Waals surface area contributed by atoms with E-state index < -0.39 is 0 Å². The first-order valence-corrected chi connectivity index (χ1v) is 7.00. The van der Waals surface area contributed by atoms with E-state index in [1.807, 2.05) is 39.0 Å². The molecule has 0 fully saturated rings. The minimum atomic E-state index is -0.314. The maximum atomic E-state index is 11.7. The smallest absolute Gasteiger partial charge is 0.277 e. The number of nitrogens with zero attached hydrogens (tertiary/aromatic N) is 2. The summed E-state index contributed by atoms with van der Waals surface area (Å²) in [7, 11) is 0. The molecule has 0 unspecified atom stereocenters. The summed E-state index contributed by atoms with van der Waals surface area (Å²) in [4.78, 5) is 15.8. The van der Waals surface area contributed by atoms with E-state index in [2.05, 4.69) is 21.6 Å². The Morgan fingerprint density at radius 3 is 2.86 bits per heavy atom. The van der Waals surface area contributed by atoms with Crippen LogP contribution in [0.15, 0.2) is 41.6 Å². The second kappa shape index (κ2) is 7.36. The summed E-state index contributed by atoms with van der Waals surface area (Å²) in [6, 6.07) is 9.47. The number of aromatic nitrogens is 1. The molecule has 5 heteroatoms. The Labute approximate surface area is 130 Å². The normalized spacial score (nSPS) is 10.7. The van der Waals surface area contributed by atoms with Crippen LogP contribution < -0.4 is 10.2 Å². The zero-order chi connectivity index (χ0) is 15.9. The molecule has 0 saturated heterocycles. The van der Waals surface area contributed by atoms with Gasteiger partial charge in [-0.3, -0.25) is 9.78 Å². The van der Waals surface area contributed by atoms with Gasteiger partial charge in [-0.15, -0.1) is 0 Å². The van der Waals surface area contributed by atoms with Crippen LogP contribution in [-0.4, -0.2) is 23.7 Å². The van der Waals surface area contributed by atoms with Crippen molar-refractivity contribution < 1.29 is 9.53 Å². The molecule has 1 heterocycles. The Bertz CT molecular complexity index is 682. The molecule has 0 bridgehead atoms. The van der Waals surface area contributed by atoms with Crippen molar-refractivity contribution in [2.24, 2.45) is 5.10 Å². The van der Waals surface area contributed by atoms with E-state index in [9.17, 15) is 4.79 Å². The van der Waals surface area contributed by atoms with E-state index >= 15 is 0 Å². The molecule has 1 aromatic carbocycles. The first-order valence-electron chi connectivity index (χ1n) is 7.00. The van der Waals surface area contributed by atoms with Gasteiger partial charge in [0.1, 0.15) is 5.75 Å². The van der Waals surface area contributed by atoms with Gasteiger partial charge in [0.15, 0.2) is 6.61 Å². The Balaban J connectivity index is 1.87. The molecule has 0 atom stereocenters. The molecule has 0 radical (unpaired) electrons. The summed E-state index contributed by atoms with van der Waals surface area (Å²) in [6.45, 7) is 5.91. The van der Waals surface area contributed by atoms with Gasteiger partial charge in [-0.1, -0.05) is 12.1 Å². The average molecular weight is 297 g/mol. The summed E-state index contributed by atoms with van der Waals surface area (Å²) in [6.07, 6.45) is 3.15. The number of pyridine rings is 1. The first kappa shape index (κ1) is 15.7. The highest BCUT2D eigenvalue weighted by Gasteiger charge is 2.06. The van der Waals surface area contributed by atoms with Gasteiger partial charge < -0.3 is 4.74 Å². The average Bonchev–Trinajstić information content (AvgIpc) is 2.50. The van der Waals surface area contributed by atoms with Crippen molar-refractivity contribution in [1.29, 1.82) is 0 Å². The number of aryl methyl sites for hydroxylation is 2. The van der Waals surface area contributed by atoms with Gasteiger partial charge in [0.2, 0.25) is 0 Å². The maximum Gasteiger partial charge on any atom is 0.277 e. The highest BCUT2D eigenvalue weighted by atomic mass is 16.5. The van der Waals surface area contributed by atoms with Crippen molar-refractivity contribution in [3.63, 3.8) is 0 Å². The lowest BCUT2D eigenvalue weighted by atomic mass is 10.1. The van der Waals surface area contributed by atoms with E-state index in [0.29, 0.717) is 5.69 Å². The number of hydrogen-bond donors (Lipinski definition) is 1. The van der Waals surface area contributed by atoms with E-state index in [0.717, 1.165) is 22.4 Å². The van der Waals surface area contributed by atoms with Crippen LogP contribution in [0, 0.1) is 20.8 Å². The minimum absolute atomic E-state index is 0.0801. The third-order valence-corrected chi connectivity index (χ3v) is 3.20. The van der Waals surface area contributed by atoms with Crippen LogP contribution in [0.1, 0.15) is 22.4 Å². The maximum absolute atomic E-state index is 11.7. The summed E-state index contributed by atoms with van der Waals surface area (Å²) in [5.74, 6) is 0.409. The molecule has 2 rings (SSSR count). The number of carbonyl (C=O) groups excluding carboxylic acids is 1. The molecular formula is C17H19N3O2. The number of ether oxygens (including phenoxy) is 1. The van der Waals surface area contributed by atoms with Gasteiger partial charge in [-0.25, -0.2) is 5.43 Å². The Hall–Kier alpha value is -2.69. The second-order valence-electron chi connectivity index (χ2n) is 5.04. The molecule has 0 aliphatic heterocycles. The largest absolute Gasteiger partial charge is 0.483 e. The van der Waals surface area contributed by atoms with Crippen LogP contribution in [0.2, 0.25) is 0 Å². The predicted molar refractivity (Wildman–Crippen MR) is 86.1 cm³/mol. The number of hydrazone groups is 1. The van der Waals surface area contributed by atoms with Crippen LogP contribution in [0.4, 0.5) is 0 Å². The van der Waals surface area contributed by atoms with E-state index in [1.54, 1.807) is 12.3 Å². The molecule has 0 aliphatic rings. The number of hydrogen-bond acceptors (Lipinski definition) is 4. The van der Waals surface area contributed by atoms with Crippen molar-refractivity contribution >= 4 is 12.1 Å².